The summed E-state index contributed by atoms with van der Waals surface area (Å²) >= 11 is 0. The topological polar surface area (TPSA) is 60.8 Å². The van der Waals surface area contributed by atoms with E-state index >= 15 is 0 Å². The molecule has 70 valence electrons. The van der Waals surface area contributed by atoms with Crippen LogP contribution in [-0.2, 0) is 0 Å². The number of aliphatic hydroxyl groups is 1. The van der Waals surface area contributed by atoms with Crippen molar-refractivity contribution in [2.24, 2.45) is 0 Å². The SMILES string of the molecule is O=C(O)N1CC(F)(F)C[C@@H]1CO. The van der Waals surface area contributed by atoms with E-state index in [9.17, 15) is 13.6 Å². The second kappa shape index (κ2) is 2.85. The van der Waals surface area contributed by atoms with Crippen molar-refractivity contribution < 1.29 is 23.8 Å². The number of halogens is 2. The molecule has 0 saturated carbocycles. The molecule has 1 aliphatic rings. The standard InChI is InChI=1S/C6H9F2NO3/c7-6(8)1-4(2-10)9(3-6)5(11)12/h4,10H,1-3H2,(H,11,12)/t4-/m1/s1. The molecule has 0 bridgehead atoms. The maximum absolute atomic E-state index is 12.6. The number of hydrogen-bond donors (Lipinski definition) is 2. The highest BCUT2D eigenvalue weighted by atomic mass is 19.3. The molecule has 1 fully saturated rings. The van der Waals surface area contributed by atoms with Crippen LogP contribution >= 0.6 is 0 Å². The van der Waals surface area contributed by atoms with Crippen molar-refractivity contribution in [1.29, 1.82) is 0 Å². The highest BCUT2D eigenvalue weighted by Gasteiger charge is 2.46. The van der Waals surface area contributed by atoms with Gasteiger partial charge in [-0.1, -0.05) is 0 Å². The molecule has 0 aromatic rings. The van der Waals surface area contributed by atoms with E-state index in [4.69, 9.17) is 10.2 Å². The summed E-state index contributed by atoms with van der Waals surface area (Å²) in [6, 6.07) is -0.961. The van der Waals surface area contributed by atoms with Crippen molar-refractivity contribution in [3.05, 3.63) is 0 Å². The first-order valence-corrected chi connectivity index (χ1v) is 3.44. The summed E-state index contributed by atoms with van der Waals surface area (Å²) in [7, 11) is 0. The maximum Gasteiger partial charge on any atom is 0.407 e. The van der Waals surface area contributed by atoms with Crippen LogP contribution in [0.3, 0.4) is 0 Å². The van der Waals surface area contributed by atoms with E-state index in [0.29, 0.717) is 4.90 Å². The van der Waals surface area contributed by atoms with Crippen LogP contribution in [0.5, 0.6) is 0 Å². The first-order valence-electron chi connectivity index (χ1n) is 3.44. The molecule has 1 saturated heterocycles. The van der Waals surface area contributed by atoms with Gasteiger partial charge < -0.3 is 10.2 Å². The zero-order chi connectivity index (χ0) is 9.35. The highest BCUT2D eigenvalue weighted by molar-refractivity contribution is 5.66. The zero-order valence-corrected chi connectivity index (χ0v) is 6.20. The van der Waals surface area contributed by atoms with Crippen molar-refractivity contribution in [3.63, 3.8) is 0 Å². The number of carbonyl (C=O) groups is 1. The van der Waals surface area contributed by atoms with Gasteiger partial charge in [-0.2, -0.15) is 0 Å². The molecule has 0 aromatic carbocycles. The molecule has 1 amide bonds. The van der Waals surface area contributed by atoms with Crippen LogP contribution in [0.1, 0.15) is 6.42 Å². The van der Waals surface area contributed by atoms with Gasteiger partial charge in [-0.15, -0.1) is 0 Å². The Morgan fingerprint density at radius 3 is 2.58 bits per heavy atom. The lowest BCUT2D eigenvalue weighted by Gasteiger charge is -2.17. The fourth-order valence-corrected chi connectivity index (χ4v) is 1.28. The molecule has 1 atom stereocenters. The molecule has 0 unspecified atom stereocenters. The third kappa shape index (κ3) is 1.63. The normalized spacial score (nSPS) is 27.6. The lowest BCUT2D eigenvalue weighted by Crippen LogP contribution is -2.37. The van der Waals surface area contributed by atoms with E-state index in [1.54, 1.807) is 0 Å². The number of rotatable bonds is 1. The van der Waals surface area contributed by atoms with Crippen molar-refractivity contribution >= 4 is 6.09 Å². The Kier molecular flexibility index (Phi) is 2.18. The third-order valence-corrected chi connectivity index (χ3v) is 1.83. The van der Waals surface area contributed by atoms with Crippen LogP contribution in [0, 0.1) is 0 Å². The predicted molar refractivity (Wildman–Crippen MR) is 35.2 cm³/mol. The monoisotopic (exact) mass is 181 g/mol. The molecule has 12 heavy (non-hydrogen) atoms. The summed E-state index contributed by atoms with van der Waals surface area (Å²) in [6.07, 6.45) is -2.00. The van der Waals surface area contributed by atoms with Crippen molar-refractivity contribution in [2.75, 3.05) is 13.2 Å². The van der Waals surface area contributed by atoms with Gasteiger partial charge in [0, 0.05) is 6.42 Å². The van der Waals surface area contributed by atoms with Gasteiger partial charge in [0.1, 0.15) is 0 Å². The molecular formula is C6H9F2NO3. The van der Waals surface area contributed by atoms with Gasteiger partial charge in [0.2, 0.25) is 0 Å². The van der Waals surface area contributed by atoms with Gasteiger partial charge in [-0.05, 0) is 0 Å². The van der Waals surface area contributed by atoms with E-state index in [0.717, 1.165) is 0 Å². The smallest absolute Gasteiger partial charge is 0.407 e. The minimum atomic E-state index is -2.99. The van der Waals surface area contributed by atoms with Gasteiger partial charge in [0.25, 0.3) is 5.92 Å². The number of carboxylic acid groups (broad SMARTS) is 1. The van der Waals surface area contributed by atoms with Gasteiger partial charge in [-0.3, -0.25) is 4.90 Å². The second-order valence-corrected chi connectivity index (χ2v) is 2.81. The largest absolute Gasteiger partial charge is 0.465 e. The molecule has 0 spiro atoms. The number of alkyl halides is 2. The molecular weight excluding hydrogens is 172 g/mol. The van der Waals surface area contributed by atoms with E-state index in [1.807, 2.05) is 0 Å². The number of amides is 1. The minimum Gasteiger partial charge on any atom is -0.465 e. The Hall–Kier alpha value is -0.910. The Morgan fingerprint density at radius 1 is 1.67 bits per heavy atom. The predicted octanol–water partition coefficient (Wildman–Crippen LogP) is 0.366. The molecule has 2 N–H and O–H groups in total. The van der Waals surface area contributed by atoms with E-state index in [-0.39, 0.29) is 0 Å². The number of aliphatic hydroxyl groups excluding tert-OH is 1. The van der Waals surface area contributed by atoms with Crippen molar-refractivity contribution in [2.45, 2.75) is 18.4 Å². The Balaban J connectivity index is 2.69. The summed E-state index contributed by atoms with van der Waals surface area (Å²) in [5, 5.41) is 17.0. The lowest BCUT2D eigenvalue weighted by atomic mass is 10.2. The first-order chi connectivity index (χ1) is 5.46. The first kappa shape index (κ1) is 9.18. The molecule has 4 nitrogen and oxygen atoms in total. The highest BCUT2D eigenvalue weighted by Crippen LogP contribution is 2.31. The Morgan fingerprint density at radius 2 is 2.25 bits per heavy atom. The summed E-state index contributed by atoms with van der Waals surface area (Å²) in [4.78, 5) is 10.9. The average Bonchev–Trinajstić information content (AvgIpc) is 2.25. The fraction of sp³-hybridized carbons (Fsp3) is 0.833. The number of hydrogen-bond acceptors (Lipinski definition) is 2. The van der Waals surface area contributed by atoms with E-state index in [1.165, 1.54) is 0 Å². The van der Waals surface area contributed by atoms with Gasteiger partial charge in [0.15, 0.2) is 0 Å². The second-order valence-electron chi connectivity index (χ2n) is 2.81. The van der Waals surface area contributed by atoms with Gasteiger partial charge in [0.05, 0.1) is 19.2 Å². The number of nitrogens with zero attached hydrogens (tertiary/aromatic N) is 1. The minimum absolute atomic E-state index is 0.554. The van der Waals surface area contributed by atoms with Crippen LogP contribution < -0.4 is 0 Å². The molecule has 1 rings (SSSR count). The summed E-state index contributed by atoms with van der Waals surface area (Å²) in [5.41, 5.74) is 0. The van der Waals surface area contributed by atoms with Crippen LogP contribution in [0.4, 0.5) is 13.6 Å². The maximum atomic E-state index is 12.6. The lowest BCUT2D eigenvalue weighted by molar-refractivity contribution is 0.0123. The van der Waals surface area contributed by atoms with Crippen molar-refractivity contribution in [3.8, 4) is 0 Å². The molecule has 0 aromatic heterocycles. The summed E-state index contributed by atoms with van der Waals surface area (Å²) in [5.74, 6) is -2.99. The van der Waals surface area contributed by atoms with Gasteiger partial charge >= 0.3 is 6.09 Å². The molecule has 0 aliphatic carbocycles. The van der Waals surface area contributed by atoms with Crippen LogP contribution in [0.25, 0.3) is 0 Å². The van der Waals surface area contributed by atoms with Crippen molar-refractivity contribution in [1.82, 2.24) is 4.90 Å². The fourth-order valence-electron chi connectivity index (χ4n) is 1.28. The third-order valence-electron chi connectivity index (χ3n) is 1.83. The molecule has 1 aliphatic heterocycles. The Labute approximate surface area is 67.4 Å². The zero-order valence-electron chi connectivity index (χ0n) is 6.20. The van der Waals surface area contributed by atoms with Gasteiger partial charge in [-0.25, -0.2) is 13.6 Å². The molecule has 0 radical (unpaired) electrons. The average molecular weight is 181 g/mol. The van der Waals surface area contributed by atoms with E-state index in [2.05, 4.69) is 0 Å². The van der Waals surface area contributed by atoms with E-state index < -0.39 is 37.6 Å². The van der Waals surface area contributed by atoms with Crippen LogP contribution in [0.2, 0.25) is 0 Å². The molecule has 6 heteroatoms. The Bertz CT molecular complexity index is 197. The summed E-state index contributed by atoms with van der Waals surface area (Å²) < 4.78 is 25.2. The summed E-state index contributed by atoms with van der Waals surface area (Å²) in [6.45, 7) is -1.37. The molecule has 1 heterocycles. The quantitative estimate of drug-likeness (QED) is 0.614. The van der Waals surface area contributed by atoms with Crippen LogP contribution in [0.15, 0.2) is 0 Å². The number of likely N-dealkylation sites (tertiary alicyclic amines) is 1. The van der Waals surface area contributed by atoms with Crippen LogP contribution in [-0.4, -0.2) is 46.3 Å².